The number of carbonyl (C=O) groups excluding carboxylic acids is 3. The maximum atomic E-state index is 13.3. The van der Waals surface area contributed by atoms with Crippen molar-refractivity contribution in [2.75, 3.05) is 30.4 Å². The Kier molecular flexibility index (Phi) is 6.02. The van der Waals surface area contributed by atoms with Crippen molar-refractivity contribution in [1.29, 1.82) is 0 Å². The van der Waals surface area contributed by atoms with Gasteiger partial charge in [-0.15, -0.1) is 11.3 Å². The van der Waals surface area contributed by atoms with Crippen molar-refractivity contribution in [2.45, 2.75) is 19.5 Å². The first-order valence-electron chi connectivity index (χ1n) is 11.0. The minimum Gasteiger partial charge on any atom is -0.330 e. The van der Waals surface area contributed by atoms with Crippen LogP contribution in [0.15, 0.2) is 54.6 Å². The van der Waals surface area contributed by atoms with Gasteiger partial charge in [-0.3, -0.25) is 14.5 Å². The van der Waals surface area contributed by atoms with Crippen LogP contribution in [0, 0.1) is 0 Å². The van der Waals surface area contributed by atoms with Gasteiger partial charge in [0.15, 0.2) is 0 Å². The molecule has 5 rings (SSSR count). The smallest absolute Gasteiger partial charge is 0.324 e. The average molecular weight is 495 g/mol. The number of urea groups is 1. The van der Waals surface area contributed by atoms with Crippen LogP contribution in [0.1, 0.15) is 37.6 Å². The van der Waals surface area contributed by atoms with Gasteiger partial charge in [0, 0.05) is 38.9 Å². The van der Waals surface area contributed by atoms with E-state index in [1.807, 2.05) is 43.4 Å². The van der Waals surface area contributed by atoms with Crippen LogP contribution < -0.4 is 10.2 Å². The molecule has 0 atom stereocenters. The van der Waals surface area contributed by atoms with Crippen molar-refractivity contribution in [2.24, 2.45) is 0 Å². The topological polar surface area (TPSA) is 73.0 Å². The molecule has 3 heterocycles. The molecule has 0 aliphatic carbocycles. The normalized spacial score (nSPS) is 15.6. The third-order valence-electron chi connectivity index (χ3n) is 6.09. The molecular formula is C25H23ClN4O3S. The average Bonchev–Trinajstić information content (AvgIpc) is 3.40. The van der Waals surface area contributed by atoms with Crippen molar-refractivity contribution in [3.05, 3.63) is 80.5 Å². The van der Waals surface area contributed by atoms with Crippen LogP contribution in [0.5, 0.6) is 0 Å². The van der Waals surface area contributed by atoms with Crippen LogP contribution in [0.25, 0.3) is 0 Å². The minimum absolute atomic E-state index is 0.0135. The van der Waals surface area contributed by atoms with E-state index >= 15 is 0 Å². The van der Waals surface area contributed by atoms with E-state index in [-0.39, 0.29) is 17.8 Å². The van der Waals surface area contributed by atoms with Gasteiger partial charge in [-0.2, -0.15) is 0 Å². The highest BCUT2D eigenvalue weighted by atomic mass is 35.5. The van der Waals surface area contributed by atoms with Crippen LogP contribution in [0.4, 0.5) is 16.2 Å². The number of hydrogen-bond donors (Lipinski definition) is 1. The molecule has 1 fully saturated rings. The summed E-state index contributed by atoms with van der Waals surface area (Å²) >= 11 is 7.14. The molecule has 34 heavy (non-hydrogen) atoms. The summed E-state index contributed by atoms with van der Waals surface area (Å²) in [4.78, 5) is 44.2. The number of thiophene rings is 1. The molecule has 1 saturated heterocycles. The zero-order valence-electron chi connectivity index (χ0n) is 18.6. The summed E-state index contributed by atoms with van der Waals surface area (Å²) in [5.41, 5.74) is 3.66. The third kappa shape index (κ3) is 4.26. The van der Waals surface area contributed by atoms with Crippen molar-refractivity contribution < 1.29 is 14.4 Å². The number of amides is 4. The van der Waals surface area contributed by atoms with E-state index < -0.39 is 0 Å². The van der Waals surface area contributed by atoms with Gasteiger partial charge in [0.1, 0.15) is 0 Å². The van der Waals surface area contributed by atoms with Gasteiger partial charge in [-0.05, 0) is 47.9 Å². The fraction of sp³-hybridized carbons (Fsp3) is 0.240. The van der Waals surface area contributed by atoms with E-state index in [0.29, 0.717) is 40.1 Å². The molecule has 1 aromatic heterocycles. The zero-order chi connectivity index (χ0) is 23.8. The lowest BCUT2D eigenvalue weighted by molar-refractivity contribution is 0.0767. The number of halogens is 1. The van der Waals surface area contributed by atoms with Gasteiger partial charge >= 0.3 is 6.03 Å². The zero-order valence-corrected chi connectivity index (χ0v) is 20.2. The summed E-state index contributed by atoms with van der Waals surface area (Å²) in [5, 5.41) is 2.86. The number of anilines is 2. The molecule has 3 aromatic rings. The number of fused-ring (bicyclic) bond motifs is 1. The Morgan fingerprint density at radius 1 is 1.09 bits per heavy atom. The molecule has 0 saturated carbocycles. The third-order valence-corrected chi connectivity index (χ3v) is 7.32. The van der Waals surface area contributed by atoms with Gasteiger partial charge in [-0.1, -0.05) is 35.9 Å². The molecule has 9 heteroatoms. The first-order valence-corrected chi connectivity index (χ1v) is 12.2. The monoisotopic (exact) mass is 494 g/mol. The highest BCUT2D eigenvalue weighted by Crippen LogP contribution is 2.32. The van der Waals surface area contributed by atoms with E-state index in [4.69, 9.17) is 11.6 Å². The van der Waals surface area contributed by atoms with E-state index in [0.717, 1.165) is 29.8 Å². The lowest BCUT2D eigenvalue weighted by Gasteiger charge is -2.33. The molecule has 0 unspecified atom stereocenters. The lowest BCUT2D eigenvalue weighted by atomic mass is 10.1. The molecule has 2 aromatic carbocycles. The predicted octanol–water partition coefficient (Wildman–Crippen LogP) is 5.07. The van der Waals surface area contributed by atoms with E-state index in [1.165, 1.54) is 11.3 Å². The van der Waals surface area contributed by atoms with Crippen LogP contribution in [0.3, 0.4) is 0 Å². The van der Waals surface area contributed by atoms with E-state index in [1.54, 1.807) is 32.9 Å². The summed E-state index contributed by atoms with van der Waals surface area (Å²) < 4.78 is 0.533. The largest absolute Gasteiger partial charge is 0.330 e. The molecule has 0 bridgehead atoms. The van der Waals surface area contributed by atoms with Crippen molar-refractivity contribution in [1.82, 2.24) is 9.80 Å². The highest BCUT2D eigenvalue weighted by Gasteiger charge is 2.31. The van der Waals surface area contributed by atoms with Crippen molar-refractivity contribution in [3.8, 4) is 0 Å². The Labute approximate surface area is 206 Å². The minimum atomic E-state index is -0.291. The van der Waals surface area contributed by atoms with Crippen LogP contribution in [-0.2, 0) is 13.1 Å². The molecule has 2 aliphatic heterocycles. The van der Waals surface area contributed by atoms with E-state index in [9.17, 15) is 14.4 Å². The Bertz CT molecular complexity index is 1290. The van der Waals surface area contributed by atoms with Gasteiger partial charge < -0.3 is 15.1 Å². The molecule has 0 spiro atoms. The lowest BCUT2D eigenvalue weighted by Crippen LogP contribution is -2.47. The first kappa shape index (κ1) is 22.4. The first-order chi connectivity index (χ1) is 16.4. The number of hydrogen-bond acceptors (Lipinski definition) is 4. The fourth-order valence-corrected chi connectivity index (χ4v) is 5.36. The maximum absolute atomic E-state index is 13.3. The van der Waals surface area contributed by atoms with Crippen molar-refractivity contribution >= 4 is 52.2 Å². The second-order valence-electron chi connectivity index (χ2n) is 8.44. The number of nitrogens with one attached hydrogen (secondary N) is 1. The molecular weight excluding hydrogens is 472 g/mol. The Morgan fingerprint density at radius 3 is 2.71 bits per heavy atom. The molecule has 2 aliphatic rings. The standard InChI is InChI=1S/C25H23ClN4O3S/c1-28-11-4-12-30(25(28)33)18-7-2-5-16(13-18)14-29-15-17-6-3-8-19(22(17)24(29)32)27-23(31)20-9-10-21(26)34-20/h2-3,5-10,13H,4,11-12,14-15H2,1H3,(H,27,31). The molecule has 1 N–H and O–H groups in total. The van der Waals surface area contributed by atoms with Crippen LogP contribution >= 0.6 is 22.9 Å². The van der Waals surface area contributed by atoms with Crippen LogP contribution in [-0.4, -0.2) is 47.8 Å². The van der Waals surface area contributed by atoms with Gasteiger partial charge in [0.2, 0.25) is 0 Å². The van der Waals surface area contributed by atoms with E-state index in [2.05, 4.69) is 5.32 Å². The Hall–Kier alpha value is -3.36. The maximum Gasteiger partial charge on any atom is 0.324 e. The molecule has 4 amide bonds. The summed E-state index contributed by atoms with van der Waals surface area (Å²) in [7, 11) is 1.81. The molecule has 174 valence electrons. The quantitative estimate of drug-likeness (QED) is 0.538. The predicted molar refractivity (Wildman–Crippen MR) is 134 cm³/mol. The van der Waals surface area contributed by atoms with Crippen LogP contribution in [0.2, 0.25) is 4.34 Å². The number of carbonyl (C=O) groups is 3. The highest BCUT2D eigenvalue weighted by molar-refractivity contribution is 7.18. The fourth-order valence-electron chi connectivity index (χ4n) is 4.42. The van der Waals surface area contributed by atoms with Gasteiger partial charge in [0.05, 0.1) is 20.5 Å². The number of benzene rings is 2. The SMILES string of the molecule is CN1CCCN(c2cccc(CN3Cc4cccc(NC(=O)c5ccc(Cl)s5)c4C3=O)c2)C1=O. The summed E-state index contributed by atoms with van der Waals surface area (Å²) in [6.07, 6.45) is 0.915. The second-order valence-corrected chi connectivity index (χ2v) is 10.2. The summed E-state index contributed by atoms with van der Waals surface area (Å²) in [5.74, 6) is -0.422. The van der Waals surface area contributed by atoms with Gasteiger partial charge in [-0.25, -0.2) is 4.79 Å². The summed E-state index contributed by atoms with van der Waals surface area (Å²) in [6, 6.07) is 16.6. The van der Waals surface area contributed by atoms with Gasteiger partial charge in [0.25, 0.3) is 11.8 Å². The molecule has 7 nitrogen and oxygen atoms in total. The molecule has 0 radical (unpaired) electrons. The Morgan fingerprint density at radius 2 is 1.91 bits per heavy atom. The number of rotatable bonds is 5. The summed E-state index contributed by atoms with van der Waals surface area (Å²) in [6.45, 7) is 2.30. The van der Waals surface area contributed by atoms with Crippen molar-refractivity contribution in [3.63, 3.8) is 0 Å². The second kappa shape index (κ2) is 9.12. The Balaban J connectivity index is 1.33. The number of nitrogens with zero attached hydrogens (tertiary/aromatic N) is 3.